The molecule has 2 aliphatic rings. The van der Waals surface area contributed by atoms with Crippen LogP contribution in [0.5, 0.6) is 0 Å². The summed E-state index contributed by atoms with van der Waals surface area (Å²) in [6.45, 7) is 3.82. The molecule has 2 rings (SSSR count). The average Bonchev–Trinajstić information content (AvgIpc) is 2.18. The highest BCUT2D eigenvalue weighted by Crippen LogP contribution is 2.15. The Morgan fingerprint density at radius 2 is 1.50 bits per heavy atom. The first-order valence-electron chi connectivity index (χ1n) is 5.97. The quantitative estimate of drug-likeness (QED) is 0.672. The van der Waals surface area contributed by atoms with Crippen LogP contribution in [-0.2, 0) is 23.7 Å². The fraction of sp³-hybridized carbons (Fsp3) is 1.00. The molecule has 0 aliphatic carbocycles. The van der Waals surface area contributed by atoms with Crippen LogP contribution in [0, 0.1) is 0 Å². The molecule has 0 spiro atoms. The van der Waals surface area contributed by atoms with E-state index in [1.54, 1.807) is 0 Å². The average molecular weight is 232 g/mol. The van der Waals surface area contributed by atoms with Crippen molar-refractivity contribution >= 4 is 0 Å². The van der Waals surface area contributed by atoms with Gasteiger partial charge >= 0.3 is 0 Å². The first-order chi connectivity index (χ1) is 7.97. The molecule has 0 saturated carbocycles. The summed E-state index contributed by atoms with van der Waals surface area (Å²) in [5.41, 5.74) is 0. The first-order valence-corrected chi connectivity index (χ1v) is 5.97. The minimum Gasteiger partial charge on any atom is -0.381 e. The minimum absolute atomic E-state index is 0.0398. The van der Waals surface area contributed by atoms with Crippen molar-refractivity contribution in [2.45, 2.75) is 31.7 Å². The van der Waals surface area contributed by atoms with Crippen molar-refractivity contribution < 1.29 is 23.7 Å². The van der Waals surface area contributed by atoms with Gasteiger partial charge in [0.15, 0.2) is 6.29 Å². The zero-order valence-electron chi connectivity index (χ0n) is 9.56. The molecule has 2 aliphatic heterocycles. The molecule has 0 aromatic rings. The van der Waals surface area contributed by atoms with E-state index in [0.717, 1.165) is 25.9 Å². The Morgan fingerprint density at radius 1 is 0.688 bits per heavy atom. The third-order valence-electron chi connectivity index (χ3n) is 2.65. The van der Waals surface area contributed by atoms with Gasteiger partial charge in [0.1, 0.15) is 12.9 Å². The Balaban J connectivity index is 1.81. The Bertz CT molecular complexity index is 151. The second-order valence-electron chi connectivity index (χ2n) is 3.95. The van der Waals surface area contributed by atoms with Gasteiger partial charge in [0.25, 0.3) is 0 Å². The second-order valence-corrected chi connectivity index (χ2v) is 3.95. The molecule has 2 fully saturated rings. The van der Waals surface area contributed by atoms with Gasteiger partial charge in [-0.3, -0.25) is 0 Å². The predicted octanol–water partition coefficient (Wildman–Crippen LogP) is 0.919. The smallest absolute Gasteiger partial charge is 0.186 e. The van der Waals surface area contributed by atoms with Crippen LogP contribution in [0.1, 0.15) is 19.3 Å². The molecule has 2 heterocycles. The lowest BCUT2D eigenvalue weighted by atomic mass is 10.2. The van der Waals surface area contributed by atoms with Crippen LogP contribution in [0.15, 0.2) is 0 Å². The maximum Gasteiger partial charge on any atom is 0.186 e. The van der Waals surface area contributed by atoms with Gasteiger partial charge in [-0.2, -0.15) is 0 Å². The van der Waals surface area contributed by atoms with Crippen LogP contribution in [0.4, 0.5) is 0 Å². The van der Waals surface area contributed by atoms with Crippen molar-refractivity contribution in [3.8, 4) is 0 Å². The van der Waals surface area contributed by atoms with Gasteiger partial charge in [-0.1, -0.05) is 0 Å². The normalized spacial score (nSPS) is 34.5. The highest BCUT2D eigenvalue weighted by atomic mass is 16.8. The SMILES string of the molecule is C1COCCC(C2OCCCOCO2)OC1. The molecule has 2 unspecified atom stereocenters. The Morgan fingerprint density at radius 3 is 2.44 bits per heavy atom. The Hall–Kier alpha value is -0.200. The van der Waals surface area contributed by atoms with E-state index in [4.69, 9.17) is 23.7 Å². The molecule has 0 aromatic carbocycles. The molecule has 0 bridgehead atoms. The zero-order chi connectivity index (χ0) is 11.1. The Labute approximate surface area is 95.9 Å². The molecule has 2 saturated heterocycles. The summed E-state index contributed by atoms with van der Waals surface area (Å²) in [7, 11) is 0. The van der Waals surface area contributed by atoms with Crippen LogP contribution in [-0.4, -0.2) is 52.2 Å². The monoisotopic (exact) mass is 232 g/mol. The van der Waals surface area contributed by atoms with Gasteiger partial charge in [-0.25, -0.2) is 0 Å². The number of ether oxygens (including phenoxy) is 5. The molecule has 5 nitrogen and oxygen atoms in total. The summed E-state index contributed by atoms with van der Waals surface area (Å²) in [4.78, 5) is 0. The van der Waals surface area contributed by atoms with Gasteiger partial charge in [0, 0.05) is 26.2 Å². The lowest BCUT2D eigenvalue weighted by molar-refractivity contribution is -0.258. The van der Waals surface area contributed by atoms with E-state index in [9.17, 15) is 0 Å². The lowest BCUT2D eigenvalue weighted by Gasteiger charge is -2.29. The molecule has 5 heteroatoms. The Kier molecular flexibility index (Phi) is 5.51. The van der Waals surface area contributed by atoms with Crippen LogP contribution >= 0.6 is 0 Å². The lowest BCUT2D eigenvalue weighted by Crippen LogP contribution is -2.38. The number of hydrogen-bond donors (Lipinski definition) is 0. The fourth-order valence-corrected chi connectivity index (χ4v) is 1.79. The molecule has 0 N–H and O–H groups in total. The van der Waals surface area contributed by atoms with E-state index in [0.29, 0.717) is 26.4 Å². The van der Waals surface area contributed by atoms with E-state index in [1.165, 1.54) is 0 Å². The van der Waals surface area contributed by atoms with Gasteiger partial charge in [-0.15, -0.1) is 0 Å². The fourth-order valence-electron chi connectivity index (χ4n) is 1.79. The largest absolute Gasteiger partial charge is 0.381 e. The van der Waals surface area contributed by atoms with Crippen molar-refractivity contribution in [1.82, 2.24) is 0 Å². The molecule has 0 aromatic heterocycles. The second kappa shape index (κ2) is 7.19. The predicted molar refractivity (Wildman–Crippen MR) is 56.1 cm³/mol. The maximum atomic E-state index is 5.73. The van der Waals surface area contributed by atoms with Gasteiger partial charge in [0.05, 0.1) is 13.2 Å². The van der Waals surface area contributed by atoms with E-state index >= 15 is 0 Å². The molecule has 2 atom stereocenters. The van der Waals surface area contributed by atoms with Gasteiger partial charge < -0.3 is 23.7 Å². The third kappa shape index (κ3) is 3.99. The highest BCUT2D eigenvalue weighted by molar-refractivity contribution is 4.65. The molecule has 0 radical (unpaired) electrons. The summed E-state index contributed by atoms with van der Waals surface area (Å²) < 4.78 is 27.6. The molecular formula is C11H20O5. The molecule has 0 amide bonds. The summed E-state index contributed by atoms with van der Waals surface area (Å²) in [5.74, 6) is 0. The molecule has 16 heavy (non-hydrogen) atoms. The van der Waals surface area contributed by atoms with E-state index in [1.807, 2.05) is 0 Å². The molecular weight excluding hydrogens is 212 g/mol. The summed E-state index contributed by atoms with van der Waals surface area (Å²) in [5, 5.41) is 0. The van der Waals surface area contributed by atoms with E-state index in [-0.39, 0.29) is 19.2 Å². The summed E-state index contributed by atoms with van der Waals surface area (Å²) in [6, 6.07) is 0. The number of rotatable bonds is 1. The van der Waals surface area contributed by atoms with Crippen molar-refractivity contribution in [3.05, 3.63) is 0 Å². The summed E-state index contributed by atoms with van der Waals surface area (Å²) >= 11 is 0. The number of hydrogen-bond acceptors (Lipinski definition) is 5. The standard InChI is InChI=1S/C11H20O5/c1-4-12-8-3-10(14-6-1)11-15-7-2-5-13-9-16-11/h10-11H,1-9H2. The third-order valence-corrected chi connectivity index (χ3v) is 2.65. The van der Waals surface area contributed by atoms with Crippen molar-refractivity contribution in [2.24, 2.45) is 0 Å². The maximum absolute atomic E-state index is 5.73. The topological polar surface area (TPSA) is 46.2 Å². The van der Waals surface area contributed by atoms with Crippen molar-refractivity contribution in [3.63, 3.8) is 0 Å². The first kappa shape index (κ1) is 12.3. The van der Waals surface area contributed by atoms with E-state index < -0.39 is 0 Å². The van der Waals surface area contributed by atoms with Gasteiger partial charge in [0.2, 0.25) is 0 Å². The minimum atomic E-state index is -0.318. The van der Waals surface area contributed by atoms with Crippen LogP contribution in [0.3, 0.4) is 0 Å². The zero-order valence-corrected chi connectivity index (χ0v) is 9.56. The van der Waals surface area contributed by atoms with Gasteiger partial charge in [-0.05, 0) is 12.8 Å². The summed E-state index contributed by atoms with van der Waals surface area (Å²) in [6.07, 6.45) is 2.29. The van der Waals surface area contributed by atoms with Crippen LogP contribution < -0.4 is 0 Å². The highest BCUT2D eigenvalue weighted by Gasteiger charge is 2.25. The molecule has 94 valence electrons. The van der Waals surface area contributed by atoms with Crippen molar-refractivity contribution in [2.75, 3.05) is 39.8 Å². The van der Waals surface area contributed by atoms with Crippen molar-refractivity contribution in [1.29, 1.82) is 0 Å². The van der Waals surface area contributed by atoms with Crippen LogP contribution in [0.2, 0.25) is 0 Å². The van der Waals surface area contributed by atoms with Crippen LogP contribution in [0.25, 0.3) is 0 Å². The van der Waals surface area contributed by atoms with E-state index in [2.05, 4.69) is 0 Å².